The summed E-state index contributed by atoms with van der Waals surface area (Å²) in [5.41, 5.74) is 1.11. The number of aromatic nitrogens is 2. The second-order valence-electron chi connectivity index (χ2n) is 10.2. The van der Waals surface area contributed by atoms with Crippen LogP contribution in [0.1, 0.15) is 34.7 Å². The maximum atomic E-state index is 13.7. The number of nitrogens with one attached hydrogen (secondary N) is 2. The van der Waals surface area contributed by atoms with Gasteiger partial charge in [0.25, 0.3) is 11.8 Å². The van der Waals surface area contributed by atoms with E-state index in [0.717, 1.165) is 0 Å². The van der Waals surface area contributed by atoms with Crippen molar-refractivity contribution in [3.05, 3.63) is 66.2 Å². The summed E-state index contributed by atoms with van der Waals surface area (Å²) in [6.07, 6.45) is 3.60. The highest BCUT2D eigenvalue weighted by atomic mass is 16.7. The molecule has 0 saturated carbocycles. The van der Waals surface area contributed by atoms with Gasteiger partial charge in [-0.2, -0.15) is 0 Å². The first kappa shape index (κ1) is 28.6. The van der Waals surface area contributed by atoms with Crippen LogP contribution in [0.25, 0.3) is 0 Å². The van der Waals surface area contributed by atoms with E-state index < -0.39 is 18.1 Å². The van der Waals surface area contributed by atoms with Crippen molar-refractivity contribution < 1.29 is 33.7 Å². The lowest BCUT2D eigenvalue weighted by molar-refractivity contribution is 0.0372. The Morgan fingerprint density at radius 2 is 1.98 bits per heavy atom. The van der Waals surface area contributed by atoms with Gasteiger partial charge >= 0.3 is 6.03 Å². The van der Waals surface area contributed by atoms with Crippen molar-refractivity contribution in [3.63, 3.8) is 0 Å². The van der Waals surface area contributed by atoms with Crippen molar-refractivity contribution >= 4 is 29.2 Å². The minimum absolute atomic E-state index is 0.0904. The van der Waals surface area contributed by atoms with Gasteiger partial charge in [-0.3, -0.25) is 14.6 Å². The summed E-state index contributed by atoms with van der Waals surface area (Å²) >= 11 is 0. The van der Waals surface area contributed by atoms with E-state index in [-0.39, 0.29) is 67.0 Å². The lowest BCUT2D eigenvalue weighted by atomic mass is 9.99. The fourth-order valence-electron chi connectivity index (χ4n) is 4.71. The molecular formula is C29H32N6O7. The van der Waals surface area contributed by atoms with Gasteiger partial charge in [-0.1, -0.05) is 13.0 Å². The molecule has 0 unspecified atom stereocenters. The third kappa shape index (κ3) is 6.05. The zero-order valence-corrected chi connectivity index (χ0v) is 23.4. The van der Waals surface area contributed by atoms with Crippen molar-refractivity contribution in [1.82, 2.24) is 19.8 Å². The van der Waals surface area contributed by atoms with E-state index in [1.54, 1.807) is 55.3 Å². The van der Waals surface area contributed by atoms with Crippen LogP contribution in [0.4, 0.5) is 16.2 Å². The first-order valence-electron chi connectivity index (χ1n) is 13.5. The number of aliphatic hydroxyl groups excluding tert-OH is 1. The fraction of sp³-hybridized carbons (Fsp3) is 0.345. The van der Waals surface area contributed by atoms with Crippen LogP contribution in [0.2, 0.25) is 0 Å². The van der Waals surface area contributed by atoms with E-state index in [1.165, 1.54) is 23.5 Å². The standard InChI is InChI=1S/C29H32N6O7/c1-17-13-35(18(2)15-36)28(38)20-5-4-6-21(33-27(37)22-12-30-9-10-31-22)26(20)42-25(17)14-34(3)29(39)32-19-7-8-23-24(11-19)41-16-40-23/h4-12,17-18,25,36H,13-16H2,1-3H3,(H,32,39)(H,33,37)/t17-,18+,25+/m1/s1. The summed E-state index contributed by atoms with van der Waals surface area (Å²) in [4.78, 5) is 50.8. The van der Waals surface area contributed by atoms with Crippen LogP contribution >= 0.6 is 0 Å². The quantitative estimate of drug-likeness (QED) is 0.385. The van der Waals surface area contributed by atoms with Crippen LogP contribution in [0, 0.1) is 5.92 Å². The highest BCUT2D eigenvalue weighted by Crippen LogP contribution is 2.36. The Morgan fingerprint density at radius 1 is 1.17 bits per heavy atom. The Labute approximate surface area is 242 Å². The molecule has 220 valence electrons. The van der Waals surface area contributed by atoms with Gasteiger partial charge in [0.05, 0.1) is 36.6 Å². The number of para-hydroxylation sites is 1. The number of urea groups is 1. The monoisotopic (exact) mass is 576 g/mol. The highest BCUT2D eigenvalue weighted by molar-refractivity contribution is 6.06. The van der Waals surface area contributed by atoms with Gasteiger partial charge in [-0.25, -0.2) is 9.78 Å². The molecule has 42 heavy (non-hydrogen) atoms. The number of nitrogens with zero attached hydrogens (tertiary/aromatic N) is 4. The minimum atomic E-state index is -0.590. The smallest absolute Gasteiger partial charge is 0.321 e. The Balaban J connectivity index is 1.41. The van der Waals surface area contributed by atoms with Crippen LogP contribution in [-0.2, 0) is 0 Å². The number of hydrogen-bond donors (Lipinski definition) is 3. The number of fused-ring (bicyclic) bond motifs is 2. The maximum absolute atomic E-state index is 13.7. The van der Waals surface area contributed by atoms with Crippen molar-refractivity contribution in [3.8, 4) is 17.2 Å². The lowest BCUT2D eigenvalue weighted by Crippen LogP contribution is -2.50. The SMILES string of the molecule is C[C@@H]1CN([C@@H](C)CO)C(=O)c2cccc(NC(=O)c3cnccn3)c2O[C@H]1CN(C)C(=O)Nc1ccc2c(c1)OCO2. The van der Waals surface area contributed by atoms with Gasteiger partial charge in [0, 0.05) is 43.7 Å². The molecule has 13 nitrogen and oxygen atoms in total. The summed E-state index contributed by atoms with van der Waals surface area (Å²) in [6, 6.07) is 9.14. The predicted octanol–water partition coefficient (Wildman–Crippen LogP) is 2.84. The van der Waals surface area contributed by atoms with Crippen molar-refractivity contribution in [2.45, 2.75) is 26.0 Å². The van der Waals surface area contributed by atoms with E-state index in [2.05, 4.69) is 20.6 Å². The number of anilines is 2. The minimum Gasteiger partial charge on any atom is -0.485 e. The number of hydrogen-bond acceptors (Lipinski definition) is 9. The molecule has 4 amide bonds. The molecule has 0 saturated heterocycles. The van der Waals surface area contributed by atoms with E-state index in [9.17, 15) is 19.5 Å². The Kier molecular flexibility index (Phi) is 8.38. The van der Waals surface area contributed by atoms with Gasteiger partial charge < -0.3 is 39.8 Å². The van der Waals surface area contributed by atoms with E-state index >= 15 is 0 Å². The average Bonchev–Trinajstić information content (AvgIpc) is 3.47. The Morgan fingerprint density at radius 3 is 2.74 bits per heavy atom. The number of ether oxygens (including phenoxy) is 3. The molecule has 0 radical (unpaired) electrons. The number of rotatable bonds is 7. The van der Waals surface area contributed by atoms with Gasteiger partial charge in [-0.15, -0.1) is 0 Å². The van der Waals surface area contributed by atoms with Crippen molar-refractivity contribution in [2.24, 2.45) is 5.92 Å². The molecule has 3 heterocycles. The zero-order valence-electron chi connectivity index (χ0n) is 23.4. The van der Waals surface area contributed by atoms with E-state index in [0.29, 0.717) is 17.2 Å². The molecule has 0 bridgehead atoms. The summed E-state index contributed by atoms with van der Waals surface area (Å²) in [7, 11) is 1.64. The second-order valence-corrected chi connectivity index (χ2v) is 10.2. The molecule has 3 N–H and O–H groups in total. The third-order valence-corrected chi connectivity index (χ3v) is 7.16. The third-order valence-electron chi connectivity index (χ3n) is 7.16. The molecule has 2 aromatic carbocycles. The van der Waals surface area contributed by atoms with Crippen molar-refractivity contribution in [2.75, 3.05) is 44.2 Å². The highest BCUT2D eigenvalue weighted by Gasteiger charge is 2.35. The summed E-state index contributed by atoms with van der Waals surface area (Å²) in [5, 5.41) is 15.5. The molecule has 3 aromatic rings. The largest absolute Gasteiger partial charge is 0.485 e. The second kappa shape index (κ2) is 12.3. The van der Waals surface area contributed by atoms with Crippen LogP contribution in [0.3, 0.4) is 0 Å². The number of amides is 4. The van der Waals surface area contributed by atoms with Gasteiger partial charge in [-0.05, 0) is 31.2 Å². The maximum Gasteiger partial charge on any atom is 0.321 e. The topological polar surface area (TPSA) is 155 Å². The molecule has 13 heteroatoms. The van der Waals surface area contributed by atoms with E-state index in [4.69, 9.17) is 14.2 Å². The molecule has 2 aliphatic rings. The van der Waals surface area contributed by atoms with E-state index in [1.807, 2.05) is 6.92 Å². The Hall–Kier alpha value is -4.91. The average molecular weight is 577 g/mol. The van der Waals surface area contributed by atoms with Gasteiger partial charge in [0.2, 0.25) is 6.79 Å². The molecule has 0 aliphatic carbocycles. The Bertz CT molecular complexity index is 1470. The normalized spacial score (nSPS) is 18.2. The number of likely N-dealkylation sites (N-methyl/N-ethyl adjacent to an activating group) is 1. The molecule has 3 atom stereocenters. The van der Waals surface area contributed by atoms with Crippen molar-refractivity contribution in [1.29, 1.82) is 0 Å². The molecule has 1 aromatic heterocycles. The molecule has 0 fully saturated rings. The molecule has 2 aliphatic heterocycles. The summed E-state index contributed by atoms with van der Waals surface area (Å²) in [5.74, 6) is 0.177. The number of carbonyl (C=O) groups excluding carboxylic acids is 3. The van der Waals surface area contributed by atoms with Crippen LogP contribution in [0.15, 0.2) is 55.0 Å². The number of carbonyl (C=O) groups is 3. The van der Waals surface area contributed by atoms with Gasteiger partial charge in [0.1, 0.15) is 11.8 Å². The lowest BCUT2D eigenvalue weighted by Gasteiger charge is -2.38. The van der Waals surface area contributed by atoms with Crippen LogP contribution in [0.5, 0.6) is 17.2 Å². The number of aliphatic hydroxyl groups is 1. The summed E-state index contributed by atoms with van der Waals surface area (Å²) in [6.45, 7) is 3.98. The first-order chi connectivity index (χ1) is 20.2. The molecule has 5 rings (SSSR count). The predicted molar refractivity (Wildman–Crippen MR) is 152 cm³/mol. The van der Waals surface area contributed by atoms with Gasteiger partial charge in [0.15, 0.2) is 17.2 Å². The summed E-state index contributed by atoms with van der Waals surface area (Å²) < 4.78 is 17.2. The van der Waals surface area contributed by atoms with Crippen LogP contribution < -0.4 is 24.8 Å². The first-order valence-corrected chi connectivity index (χ1v) is 13.5. The van der Waals surface area contributed by atoms with Crippen LogP contribution in [-0.4, -0.2) is 88.4 Å². The fourth-order valence-corrected chi connectivity index (χ4v) is 4.71. The number of benzene rings is 2. The zero-order chi connectivity index (χ0) is 29.8. The molecule has 0 spiro atoms. The molecular weight excluding hydrogens is 544 g/mol.